The van der Waals surface area contributed by atoms with E-state index in [0.717, 1.165) is 29.4 Å². The molecule has 1 N–H and O–H groups in total. The molecule has 0 fully saturated rings. The molecular formula is C14H18ClN3. The number of anilines is 1. The molecule has 0 radical (unpaired) electrons. The van der Waals surface area contributed by atoms with Crippen LogP contribution in [0, 0.1) is 0 Å². The van der Waals surface area contributed by atoms with Gasteiger partial charge in [0.15, 0.2) is 0 Å². The third-order valence-corrected chi connectivity index (χ3v) is 3.60. The summed E-state index contributed by atoms with van der Waals surface area (Å²) in [5, 5.41) is 12.8. The number of halogens is 1. The van der Waals surface area contributed by atoms with Gasteiger partial charge in [-0.2, -0.15) is 10.2 Å². The van der Waals surface area contributed by atoms with Gasteiger partial charge in [-0.3, -0.25) is 0 Å². The van der Waals surface area contributed by atoms with Crippen LogP contribution in [-0.2, 0) is 0 Å². The first-order valence-corrected chi connectivity index (χ1v) is 6.76. The van der Waals surface area contributed by atoms with Gasteiger partial charge in [0.25, 0.3) is 0 Å². The lowest BCUT2D eigenvalue weighted by Crippen LogP contribution is -2.34. The Hall–Kier alpha value is -1.35. The molecule has 0 aliphatic rings. The van der Waals surface area contributed by atoms with E-state index in [2.05, 4.69) is 35.4 Å². The second-order valence-electron chi connectivity index (χ2n) is 4.75. The first kappa shape index (κ1) is 13.1. The maximum atomic E-state index is 5.88. The summed E-state index contributed by atoms with van der Waals surface area (Å²) in [5.74, 6) is 0.647. The molecular weight excluding hydrogens is 246 g/mol. The predicted octanol–water partition coefficient (Wildman–Crippen LogP) is 3.84. The summed E-state index contributed by atoms with van der Waals surface area (Å²) < 4.78 is 0. The fraction of sp³-hybridized carbons (Fsp3) is 0.429. The minimum absolute atomic E-state index is 0.00639. The normalized spacial score (nSPS) is 14.4. The Kier molecular flexibility index (Phi) is 4.02. The van der Waals surface area contributed by atoms with Crippen molar-refractivity contribution in [2.75, 3.05) is 11.2 Å². The number of nitrogens with one attached hydrogen (secondary N) is 1. The lowest BCUT2D eigenvalue weighted by atomic mass is 9.95. The molecule has 4 heteroatoms. The second-order valence-corrected chi connectivity index (χ2v) is 5.13. The van der Waals surface area contributed by atoms with Gasteiger partial charge in [-0.15, -0.1) is 11.6 Å². The first-order valence-electron chi connectivity index (χ1n) is 6.23. The highest BCUT2D eigenvalue weighted by atomic mass is 35.5. The van der Waals surface area contributed by atoms with Crippen LogP contribution in [0.25, 0.3) is 10.9 Å². The van der Waals surface area contributed by atoms with Crippen LogP contribution in [0.2, 0.25) is 0 Å². The average Bonchev–Trinajstić information content (AvgIpc) is 2.39. The summed E-state index contributed by atoms with van der Waals surface area (Å²) >= 11 is 5.88. The van der Waals surface area contributed by atoms with Crippen LogP contribution in [-0.4, -0.2) is 21.6 Å². The van der Waals surface area contributed by atoms with Crippen molar-refractivity contribution in [1.29, 1.82) is 0 Å². The Balaban J connectivity index is 2.36. The van der Waals surface area contributed by atoms with E-state index in [1.54, 1.807) is 6.20 Å². The highest BCUT2D eigenvalue weighted by Gasteiger charge is 2.21. The molecule has 2 aromatic rings. The van der Waals surface area contributed by atoms with Crippen molar-refractivity contribution in [3.8, 4) is 0 Å². The standard InChI is InChI=1S/C14H18ClN3/c1-3-14(2,8-9-15)17-13-10-16-18-12-7-5-4-6-11(12)13/h4-7,10H,3,8-9H2,1-2H3,(H,17,18). The van der Waals surface area contributed by atoms with Crippen LogP contribution < -0.4 is 5.32 Å². The third kappa shape index (κ3) is 2.72. The lowest BCUT2D eigenvalue weighted by Gasteiger charge is -2.30. The van der Waals surface area contributed by atoms with Crippen molar-refractivity contribution in [1.82, 2.24) is 10.2 Å². The summed E-state index contributed by atoms with van der Waals surface area (Å²) in [5.41, 5.74) is 1.93. The second kappa shape index (κ2) is 5.53. The van der Waals surface area contributed by atoms with Gasteiger partial charge in [-0.1, -0.05) is 25.1 Å². The molecule has 1 atom stereocenters. The smallest absolute Gasteiger partial charge is 0.0950 e. The van der Waals surface area contributed by atoms with Crippen molar-refractivity contribution in [2.24, 2.45) is 0 Å². The van der Waals surface area contributed by atoms with Crippen LogP contribution >= 0.6 is 11.6 Å². The topological polar surface area (TPSA) is 37.8 Å². The highest BCUT2D eigenvalue weighted by Crippen LogP contribution is 2.26. The molecule has 0 saturated carbocycles. The monoisotopic (exact) mass is 263 g/mol. The van der Waals surface area contributed by atoms with E-state index in [0.29, 0.717) is 5.88 Å². The van der Waals surface area contributed by atoms with E-state index < -0.39 is 0 Å². The van der Waals surface area contributed by atoms with Crippen LogP contribution in [0.15, 0.2) is 30.5 Å². The van der Waals surface area contributed by atoms with Gasteiger partial charge in [0, 0.05) is 16.8 Å². The zero-order chi connectivity index (χ0) is 13.0. The molecule has 1 heterocycles. The SMILES string of the molecule is CCC(C)(CCCl)Nc1cnnc2ccccc12. The summed E-state index contributed by atoms with van der Waals surface area (Å²) in [7, 11) is 0. The molecule has 1 aromatic heterocycles. The van der Waals surface area contributed by atoms with E-state index in [1.807, 2.05) is 18.2 Å². The summed E-state index contributed by atoms with van der Waals surface area (Å²) in [4.78, 5) is 0. The van der Waals surface area contributed by atoms with Crippen molar-refractivity contribution in [2.45, 2.75) is 32.2 Å². The van der Waals surface area contributed by atoms with E-state index in [-0.39, 0.29) is 5.54 Å². The predicted molar refractivity (Wildman–Crippen MR) is 77.2 cm³/mol. The number of nitrogens with zero attached hydrogens (tertiary/aromatic N) is 2. The molecule has 1 unspecified atom stereocenters. The number of rotatable bonds is 5. The van der Waals surface area contributed by atoms with Crippen LogP contribution in [0.5, 0.6) is 0 Å². The molecule has 0 spiro atoms. The molecule has 0 aliphatic heterocycles. The van der Waals surface area contributed by atoms with Gasteiger partial charge in [0.2, 0.25) is 0 Å². The van der Waals surface area contributed by atoms with Crippen molar-refractivity contribution >= 4 is 28.2 Å². The maximum Gasteiger partial charge on any atom is 0.0950 e. The Morgan fingerprint density at radius 1 is 1.33 bits per heavy atom. The summed E-state index contributed by atoms with van der Waals surface area (Å²) in [6.45, 7) is 4.35. The average molecular weight is 264 g/mol. The molecule has 0 bridgehead atoms. The summed E-state index contributed by atoms with van der Waals surface area (Å²) in [6, 6.07) is 8.01. The van der Waals surface area contributed by atoms with Crippen molar-refractivity contribution < 1.29 is 0 Å². The van der Waals surface area contributed by atoms with E-state index in [4.69, 9.17) is 11.6 Å². The summed E-state index contributed by atoms with van der Waals surface area (Å²) in [6.07, 6.45) is 3.71. The Labute approximate surface area is 113 Å². The fourth-order valence-corrected chi connectivity index (χ4v) is 2.38. The Morgan fingerprint density at radius 3 is 2.83 bits per heavy atom. The van der Waals surface area contributed by atoms with Gasteiger partial charge in [-0.05, 0) is 25.8 Å². The van der Waals surface area contributed by atoms with Gasteiger partial charge in [-0.25, -0.2) is 0 Å². The molecule has 0 amide bonds. The molecule has 3 nitrogen and oxygen atoms in total. The molecule has 1 aromatic carbocycles. The number of fused-ring (bicyclic) bond motifs is 1. The highest BCUT2D eigenvalue weighted by molar-refractivity contribution is 6.17. The lowest BCUT2D eigenvalue weighted by molar-refractivity contribution is 0.481. The zero-order valence-corrected chi connectivity index (χ0v) is 11.5. The number of hydrogen-bond donors (Lipinski definition) is 1. The number of hydrogen-bond acceptors (Lipinski definition) is 3. The maximum absolute atomic E-state index is 5.88. The van der Waals surface area contributed by atoms with E-state index in [1.165, 1.54) is 0 Å². The van der Waals surface area contributed by atoms with Crippen molar-refractivity contribution in [3.63, 3.8) is 0 Å². The van der Waals surface area contributed by atoms with Gasteiger partial charge < -0.3 is 5.32 Å². The van der Waals surface area contributed by atoms with Crippen LogP contribution in [0.3, 0.4) is 0 Å². The Bertz CT molecular complexity index is 524. The zero-order valence-electron chi connectivity index (χ0n) is 10.8. The molecule has 18 heavy (non-hydrogen) atoms. The largest absolute Gasteiger partial charge is 0.378 e. The van der Waals surface area contributed by atoms with Gasteiger partial charge >= 0.3 is 0 Å². The minimum Gasteiger partial charge on any atom is -0.378 e. The van der Waals surface area contributed by atoms with Gasteiger partial charge in [0.05, 0.1) is 17.4 Å². The fourth-order valence-electron chi connectivity index (χ4n) is 1.97. The van der Waals surface area contributed by atoms with Crippen molar-refractivity contribution in [3.05, 3.63) is 30.5 Å². The molecule has 2 rings (SSSR count). The van der Waals surface area contributed by atoms with E-state index in [9.17, 15) is 0 Å². The number of aromatic nitrogens is 2. The number of benzene rings is 1. The molecule has 0 aliphatic carbocycles. The van der Waals surface area contributed by atoms with Crippen LogP contribution in [0.4, 0.5) is 5.69 Å². The molecule has 0 saturated heterocycles. The van der Waals surface area contributed by atoms with Gasteiger partial charge in [0.1, 0.15) is 0 Å². The number of alkyl halides is 1. The Morgan fingerprint density at radius 2 is 2.11 bits per heavy atom. The van der Waals surface area contributed by atoms with E-state index >= 15 is 0 Å². The third-order valence-electron chi connectivity index (χ3n) is 3.41. The molecule has 96 valence electrons. The minimum atomic E-state index is -0.00639. The first-order chi connectivity index (χ1) is 8.68. The van der Waals surface area contributed by atoms with Crippen LogP contribution in [0.1, 0.15) is 26.7 Å². The quantitative estimate of drug-likeness (QED) is 0.833.